The van der Waals surface area contributed by atoms with E-state index in [9.17, 15) is 4.79 Å². The molecule has 1 atom stereocenters. The second-order valence-electron chi connectivity index (χ2n) is 1.01. The van der Waals surface area contributed by atoms with Gasteiger partial charge in [-0.15, -0.1) is 0 Å². The minimum atomic E-state index is -1.23. The monoisotopic (exact) mass is 129 g/mol. The van der Waals surface area contributed by atoms with E-state index in [1.165, 1.54) is 6.92 Å². The molecular weight excluding hydrogens is 123 g/mol. The molecule has 0 saturated carbocycles. The van der Waals surface area contributed by atoms with Gasteiger partial charge in [0.05, 0.1) is 0 Å². The molecule has 0 aromatic carbocycles. The second kappa shape index (κ2) is 5.21. The van der Waals surface area contributed by atoms with Gasteiger partial charge in [0.2, 0.25) is 0 Å². The van der Waals surface area contributed by atoms with E-state index >= 15 is 0 Å². The summed E-state index contributed by atoms with van der Waals surface area (Å²) in [5.41, 5.74) is 0. The van der Waals surface area contributed by atoms with Crippen LogP contribution in [0.3, 0.4) is 0 Å². The summed E-state index contributed by atoms with van der Waals surface area (Å²) in [5, 5.41) is 15.8. The molecule has 0 saturated heterocycles. The summed E-state index contributed by atoms with van der Waals surface area (Å²) < 4.78 is 0. The van der Waals surface area contributed by atoms with Gasteiger partial charge >= 0.3 is 5.97 Å². The van der Waals surface area contributed by atoms with Crippen LogP contribution in [0.1, 0.15) is 6.92 Å². The zero-order valence-corrected chi connectivity index (χ0v) is 7.50. The summed E-state index contributed by atoms with van der Waals surface area (Å²) in [4.78, 5) is 9.45. The fourth-order valence-corrected chi connectivity index (χ4v) is 0. The Morgan fingerprint density at radius 1 is 1.71 bits per heavy atom. The Balaban J connectivity index is 0. The van der Waals surface area contributed by atoms with E-state index in [1.54, 1.807) is 0 Å². The summed E-state index contributed by atoms with van der Waals surface area (Å²) in [6.45, 7) is 1.20. The van der Waals surface area contributed by atoms with Crippen molar-refractivity contribution in [3.63, 3.8) is 0 Å². The van der Waals surface area contributed by atoms with Gasteiger partial charge in [0.25, 0.3) is 0 Å². The van der Waals surface area contributed by atoms with Crippen LogP contribution in [0.25, 0.3) is 0 Å². The van der Waals surface area contributed by atoms with Crippen molar-refractivity contribution in [1.82, 2.24) is 0 Å². The van der Waals surface area contributed by atoms with Crippen molar-refractivity contribution in [1.29, 1.82) is 0 Å². The number of hydrogen-bond donors (Lipinski definition) is 2. The third-order valence-corrected chi connectivity index (χ3v) is 0.357. The summed E-state index contributed by atoms with van der Waals surface area (Å²) in [5.74, 6) is -1.19. The van der Waals surface area contributed by atoms with Crippen LogP contribution in [0.4, 0.5) is 0 Å². The molecule has 0 aliphatic rings. The minimum absolute atomic E-state index is 0. The average molecular weight is 129 g/mol. The van der Waals surface area contributed by atoms with Crippen LogP contribution in [0.15, 0.2) is 0 Å². The zero-order valence-electron chi connectivity index (χ0n) is 4.38. The smallest absolute Gasteiger partial charge is 0.332 e. The first-order valence-corrected chi connectivity index (χ1v) is 1.55. The van der Waals surface area contributed by atoms with Crippen molar-refractivity contribution in [2.75, 3.05) is 0 Å². The molecule has 7 heavy (non-hydrogen) atoms. The van der Waals surface area contributed by atoms with E-state index in [1.807, 2.05) is 0 Å². The molecule has 0 heterocycles. The maximum absolute atomic E-state index is 9.45. The van der Waals surface area contributed by atoms with Crippen molar-refractivity contribution in [3.05, 3.63) is 0 Å². The van der Waals surface area contributed by atoms with E-state index < -0.39 is 12.1 Å². The maximum atomic E-state index is 9.45. The fraction of sp³-hybridized carbons (Fsp3) is 0.667. The second-order valence-corrected chi connectivity index (χ2v) is 1.01. The normalized spacial score (nSPS) is 11.7. The Morgan fingerprint density at radius 3 is 1.86 bits per heavy atom. The molecule has 0 bridgehead atoms. The van der Waals surface area contributed by atoms with Crippen LogP contribution in [-0.2, 0) is 4.79 Å². The van der Waals surface area contributed by atoms with Crippen molar-refractivity contribution in [2.45, 2.75) is 13.0 Å². The number of aliphatic hydroxyl groups is 1. The molecule has 0 aliphatic carbocycles. The van der Waals surface area contributed by atoms with Crippen LogP contribution in [0, 0.1) is 0 Å². The number of carbonyl (C=O) groups is 1. The first kappa shape index (κ1) is 10.9. The van der Waals surface area contributed by atoms with Crippen molar-refractivity contribution in [2.24, 2.45) is 0 Å². The molecule has 0 aromatic rings. The van der Waals surface area contributed by atoms with Gasteiger partial charge in [-0.1, -0.05) is 0 Å². The molecule has 1 radical (unpaired) electrons. The van der Waals surface area contributed by atoms with Crippen LogP contribution in [0.5, 0.6) is 0 Å². The zero-order chi connectivity index (χ0) is 5.15. The molecule has 0 amide bonds. The molecule has 37 valence electrons. The number of aliphatic hydroxyl groups excluding tert-OH is 1. The Morgan fingerprint density at radius 2 is 1.86 bits per heavy atom. The van der Waals surface area contributed by atoms with E-state index in [0.717, 1.165) is 0 Å². The molecule has 0 spiro atoms. The van der Waals surface area contributed by atoms with Crippen LogP contribution >= 0.6 is 0 Å². The maximum Gasteiger partial charge on any atom is 0.332 e. The molecule has 1 unspecified atom stereocenters. The largest absolute Gasteiger partial charge is 0.479 e. The van der Waals surface area contributed by atoms with Crippen molar-refractivity contribution < 1.29 is 15.0 Å². The van der Waals surface area contributed by atoms with Gasteiger partial charge in [0.15, 0.2) is 0 Å². The minimum Gasteiger partial charge on any atom is -0.479 e. The molecule has 0 fully saturated rings. The van der Waals surface area contributed by atoms with E-state index in [0.29, 0.717) is 0 Å². The molecule has 3 nitrogen and oxygen atoms in total. The van der Waals surface area contributed by atoms with Gasteiger partial charge in [0, 0.05) is 51.4 Å². The standard InChI is InChI=1S/C3H6O3.K/c1-2(4)3(5)6;/h2,4H,1H3,(H,5,6);. The van der Waals surface area contributed by atoms with Gasteiger partial charge in [-0.05, 0) is 6.92 Å². The van der Waals surface area contributed by atoms with E-state index in [2.05, 4.69) is 0 Å². The number of rotatable bonds is 1. The molecule has 0 aliphatic heterocycles. The third-order valence-electron chi connectivity index (χ3n) is 0.357. The van der Waals surface area contributed by atoms with E-state index in [-0.39, 0.29) is 51.4 Å². The molecular formula is C3H6KO3. The molecule has 0 rings (SSSR count). The molecule has 4 heteroatoms. The fourth-order valence-electron chi connectivity index (χ4n) is 0. The number of aliphatic carboxylic acids is 1. The number of carboxylic acids is 1. The number of hydrogen-bond acceptors (Lipinski definition) is 2. The predicted octanol–water partition coefficient (Wildman–Crippen LogP) is -0.929. The van der Waals surface area contributed by atoms with Crippen molar-refractivity contribution >= 4 is 57.4 Å². The predicted molar refractivity (Wildman–Crippen MR) is 25.1 cm³/mol. The van der Waals surface area contributed by atoms with Gasteiger partial charge < -0.3 is 10.2 Å². The van der Waals surface area contributed by atoms with Crippen LogP contribution in [0.2, 0.25) is 0 Å². The Kier molecular flexibility index (Phi) is 8.14. The van der Waals surface area contributed by atoms with E-state index in [4.69, 9.17) is 10.2 Å². The molecule has 0 aromatic heterocycles. The van der Waals surface area contributed by atoms with Crippen molar-refractivity contribution in [3.8, 4) is 0 Å². The topological polar surface area (TPSA) is 57.5 Å². The van der Waals surface area contributed by atoms with Gasteiger partial charge in [-0.25, -0.2) is 4.79 Å². The summed E-state index contributed by atoms with van der Waals surface area (Å²) in [6.07, 6.45) is -1.23. The van der Waals surface area contributed by atoms with Crippen LogP contribution in [-0.4, -0.2) is 73.7 Å². The first-order valence-electron chi connectivity index (χ1n) is 1.55. The Labute approximate surface area is 84.1 Å². The van der Waals surface area contributed by atoms with Crippen LogP contribution < -0.4 is 0 Å². The van der Waals surface area contributed by atoms with Gasteiger partial charge in [-0.2, -0.15) is 0 Å². The van der Waals surface area contributed by atoms with Gasteiger partial charge in [0.1, 0.15) is 6.10 Å². The number of carboxylic acid groups (broad SMARTS) is 1. The summed E-state index contributed by atoms with van der Waals surface area (Å²) in [6, 6.07) is 0. The summed E-state index contributed by atoms with van der Waals surface area (Å²) in [7, 11) is 0. The quantitative estimate of drug-likeness (QED) is 0.450. The third kappa shape index (κ3) is 7.07. The SMILES string of the molecule is CC(O)C(=O)O.[K]. The summed E-state index contributed by atoms with van der Waals surface area (Å²) >= 11 is 0. The van der Waals surface area contributed by atoms with Gasteiger partial charge in [-0.3, -0.25) is 0 Å². The Bertz CT molecular complexity index is 61.2. The Hall–Kier alpha value is 1.07. The average Bonchev–Trinajstić information content (AvgIpc) is 1.36. The first-order chi connectivity index (χ1) is 2.64. The molecule has 2 N–H and O–H groups in total.